The maximum Gasteiger partial charge on any atom is 0.318 e. The minimum atomic E-state index is 0.0444. The third-order valence-electron chi connectivity index (χ3n) is 3.57. The van der Waals surface area contributed by atoms with Crippen LogP contribution in [0.3, 0.4) is 0 Å². The highest BCUT2D eigenvalue weighted by atomic mass is 16.2. The summed E-state index contributed by atoms with van der Waals surface area (Å²) in [5.41, 5.74) is 2.53. The lowest BCUT2D eigenvalue weighted by Gasteiger charge is -2.19. The van der Waals surface area contributed by atoms with E-state index in [1.54, 1.807) is 0 Å². The molecule has 1 fully saturated rings. The van der Waals surface area contributed by atoms with Crippen molar-refractivity contribution >= 4 is 6.03 Å². The number of carbonyl (C=O) groups excluding carboxylic acids is 1. The fourth-order valence-corrected chi connectivity index (χ4v) is 2.30. The van der Waals surface area contributed by atoms with E-state index in [1.807, 2.05) is 18.7 Å². The summed E-state index contributed by atoms with van der Waals surface area (Å²) in [7, 11) is 0. The molecule has 1 N–H and O–H groups in total. The summed E-state index contributed by atoms with van der Waals surface area (Å²) in [5.74, 6) is 0.546. The molecule has 3 heteroatoms. The van der Waals surface area contributed by atoms with E-state index in [-0.39, 0.29) is 18.1 Å². The second kappa shape index (κ2) is 5.01. The Kier molecular flexibility index (Phi) is 3.60. The highest BCUT2D eigenvalue weighted by Gasteiger charge is 2.31. The lowest BCUT2D eigenvalue weighted by atomic mass is 9.99. The number of hydrogen-bond donors (Lipinski definition) is 1. The number of amides is 2. The zero-order chi connectivity index (χ0) is 13.3. The monoisotopic (exact) mass is 246 g/mol. The van der Waals surface area contributed by atoms with Gasteiger partial charge in [-0.3, -0.25) is 0 Å². The normalized spacial score (nSPS) is 19.8. The van der Waals surface area contributed by atoms with Gasteiger partial charge >= 0.3 is 6.03 Å². The van der Waals surface area contributed by atoms with Crippen LogP contribution in [0.1, 0.15) is 50.8 Å². The van der Waals surface area contributed by atoms with Gasteiger partial charge in [-0.05, 0) is 30.9 Å². The summed E-state index contributed by atoms with van der Waals surface area (Å²) >= 11 is 0. The first-order valence-corrected chi connectivity index (χ1v) is 6.66. The molecular weight excluding hydrogens is 224 g/mol. The van der Waals surface area contributed by atoms with Gasteiger partial charge in [-0.15, -0.1) is 0 Å². The second-order valence-corrected chi connectivity index (χ2v) is 5.57. The Balaban J connectivity index is 2.11. The number of nitrogens with one attached hydrogen (secondary N) is 1. The maximum atomic E-state index is 11.8. The molecule has 1 saturated heterocycles. The van der Waals surface area contributed by atoms with Gasteiger partial charge in [-0.25, -0.2) is 4.79 Å². The first-order chi connectivity index (χ1) is 8.49. The van der Waals surface area contributed by atoms with Crippen molar-refractivity contribution in [1.29, 1.82) is 0 Å². The lowest BCUT2D eigenvalue weighted by Crippen LogP contribution is -2.33. The van der Waals surface area contributed by atoms with E-state index < -0.39 is 0 Å². The topological polar surface area (TPSA) is 32.3 Å². The molecule has 0 bridgehead atoms. The third-order valence-corrected chi connectivity index (χ3v) is 3.57. The minimum absolute atomic E-state index is 0.0444. The van der Waals surface area contributed by atoms with Crippen molar-refractivity contribution in [2.45, 2.75) is 45.7 Å². The number of nitrogens with zero attached hydrogens (tertiary/aromatic N) is 1. The molecule has 98 valence electrons. The standard InChI is InChI=1S/C15H22N2O/c1-10(2)12-5-7-13(8-6-12)14-9-17(11(3)4)15(18)16-14/h5-8,10-11,14H,9H2,1-4H3,(H,16,18). The fraction of sp³-hybridized carbons (Fsp3) is 0.533. The van der Waals surface area contributed by atoms with Crippen molar-refractivity contribution in [3.05, 3.63) is 35.4 Å². The number of urea groups is 1. The van der Waals surface area contributed by atoms with E-state index in [2.05, 4.69) is 43.4 Å². The molecule has 1 aromatic carbocycles. The van der Waals surface area contributed by atoms with Crippen molar-refractivity contribution in [3.8, 4) is 0 Å². The SMILES string of the molecule is CC(C)c1ccc(C2CN(C(C)C)C(=O)N2)cc1. The van der Waals surface area contributed by atoms with Crippen molar-refractivity contribution < 1.29 is 4.79 Å². The van der Waals surface area contributed by atoms with E-state index in [4.69, 9.17) is 0 Å². The summed E-state index contributed by atoms with van der Waals surface area (Å²) in [5, 5.41) is 3.04. The third kappa shape index (κ3) is 2.50. The molecule has 0 spiro atoms. The summed E-state index contributed by atoms with van der Waals surface area (Å²) in [6, 6.07) is 9.00. The van der Waals surface area contributed by atoms with E-state index in [9.17, 15) is 4.79 Å². The minimum Gasteiger partial charge on any atom is -0.329 e. The Morgan fingerprint density at radius 1 is 1.17 bits per heavy atom. The summed E-state index contributed by atoms with van der Waals surface area (Å²) in [6.45, 7) is 9.23. The first-order valence-electron chi connectivity index (χ1n) is 6.66. The van der Waals surface area contributed by atoms with Crippen LogP contribution in [0, 0.1) is 0 Å². The lowest BCUT2D eigenvalue weighted by molar-refractivity contribution is 0.206. The van der Waals surface area contributed by atoms with Crippen LogP contribution in [0.4, 0.5) is 4.79 Å². The Morgan fingerprint density at radius 2 is 1.78 bits per heavy atom. The number of rotatable bonds is 3. The molecule has 0 radical (unpaired) electrons. The fourth-order valence-electron chi connectivity index (χ4n) is 2.30. The molecule has 1 atom stereocenters. The van der Waals surface area contributed by atoms with E-state index in [0.717, 1.165) is 6.54 Å². The van der Waals surface area contributed by atoms with Gasteiger partial charge in [0.2, 0.25) is 0 Å². The van der Waals surface area contributed by atoms with Gasteiger partial charge in [-0.1, -0.05) is 38.1 Å². The molecule has 2 rings (SSSR count). The summed E-state index contributed by atoms with van der Waals surface area (Å²) < 4.78 is 0. The quantitative estimate of drug-likeness (QED) is 0.872. The summed E-state index contributed by atoms with van der Waals surface area (Å²) in [4.78, 5) is 13.7. The molecule has 18 heavy (non-hydrogen) atoms. The molecule has 1 unspecified atom stereocenters. The van der Waals surface area contributed by atoms with Crippen LogP contribution in [0.5, 0.6) is 0 Å². The van der Waals surface area contributed by atoms with Crippen LogP contribution < -0.4 is 5.32 Å². The Bertz CT molecular complexity index is 423. The van der Waals surface area contributed by atoms with Gasteiger partial charge in [0.15, 0.2) is 0 Å². The van der Waals surface area contributed by atoms with Gasteiger partial charge in [0.1, 0.15) is 0 Å². The van der Waals surface area contributed by atoms with Crippen LogP contribution in [0.2, 0.25) is 0 Å². The van der Waals surface area contributed by atoms with Crippen molar-refractivity contribution in [2.24, 2.45) is 0 Å². The molecule has 1 heterocycles. The molecular formula is C15H22N2O. The predicted octanol–water partition coefficient (Wildman–Crippen LogP) is 3.28. The maximum absolute atomic E-state index is 11.8. The van der Waals surface area contributed by atoms with Crippen LogP contribution >= 0.6 is 0 Å². The van der Waals surface area contributed by atoms with Crippen LogP contribution in [0.25, 0.3) is 0 Å². The van der Waals surface area contributed by atoms with Crippen molar-refractivity contribution in [3.63, 3.8) is 0 Å². The molecule has 1 aliphatic heterocycles. The highest BCUT2D eigenvalue weighted by molar-refractivity contribution is 5.77. The van der Waals surface area contributed by atoms with Gasteiger partial charge in [0, 0.05) is 12.6 Å². The van der Waals surface area contributed by atoms with E-state index in [0.29, 0.717) is 5.92 Å². The Morgan fingerprint density at radius 3 is 2.22 bits per heavy atom. The average Bonchev–Trinajstić information content (AvgIpc) is 2.71. The van der Waals surface area contributed by atoms with Gasteiger partial charge in [0.05, 0.1) is 6.04 Å². The zero-order valence-electron chi connectivity index (χ0n) is 11.6. The molecule has 1 aliphatic rings. The summed E-state index contributed by atoms with van der Waals surface area (Å²) in [6.07, 6.45) is 0. The predicted molar refractivity (Wildman–Crippen MR) is 73.6 cm³/mol. The highest BCUT2D eigenvalue weighted by Crippen LogP contribution is 2.23. The Labute approximate surface area is 109 Å². The molecule has 0 saturated carbocycles. The smallest absolute Gasteiger partial charge is 0.318 e. The largest absolute Gasteiger partial charge is 0.329 e. The molecule has 0 aromatic heterocycles. The zero-order valence-corrected chi connectivity index (χ0v) is 11.6. The van der Waals surface area contributed by atoms with Crippen LogP contribution in [0.15, 0.2) is 24.3 Å². The molecule has 2 amide bonds. The first kappa shape index (κ1) is 12.9. The molecule has 3 nitrogen and oxygen atoms in total. The number of benzene rings is 1. The van der Waals surface area contributed by atoms with Crippen LogP contribution in [-0.2, 0) is 0 Å². The van der Waals surface area contributed by atoms with Gasteiger partial charge in [0.25, 0.3) is 0 Å². The number of hydrogen-bond acceptors (Lipinski definition) is 1. The van der Waals surface area contributed by atoms with Gasteiger partial charge in [-0.2, -0.15) is 0 Å². The molecule has 0 aliphatic carbocycles. The van der Waals surface area contributed by atoms with Crippen LogP contribution in [-0.4, -0.2) is 23.5 Å². The molecule has 1 aromatic rings. The second-order valence-electron chi connectivity index (χ2n) is 5.57. The van der Waals surface area contributed by atoms with E-state index >= 15 is 0 Å². The van der Waals surface area contributed by atoms with E-state index in [1.165, 1.54) is 11.1 Å². The Hall–Kier alpha value is -1.51. The van der Waals surface area contributed by atoms with Gasteiger partial charge < -0.3 is 10.2 Å². The number of carbonyl (C=O) groups is 1. The van der Waals surface area contributed by atoms with Crippen molar-refractivity contribution in [1.82, 2.24) is 10.2 Å². The van der Waals surface area contributed by atoms with Crippen molar-refractivity contribution in [2.75, 3.05) is 6.54 Å². The average molecular weight is 246 g/mol.